The van der Waals surface area contributed by atoms with Crippen molar-refractivity contribution in [2.24, 2.45) is 0 Å². The van der Waals surface area contributed by atoms with Crippen LogP contribution in [0.5, 0.6) is 0 Å². The quantitative estimate of drug-likeness (QED) is 0.738. The van der Waals surface area contributed by atoms with Gasteiger partial charge in [-0.2, -0.15) is 4.98 Å². The molecule has 0 radical (unpaired) electrons. The van der Waals surface area contributed by atoms with Gasteiger partial charge in [0, 0.05) is 19.0 Å². The van der Waals surface area contributed by atoms with E-state index in [-0.39, 0.29) is 11.8 Å². The fraction of sp³-hybridized carbons (Fsp3) is 0.267. The second kappa shape index (κ2) is 5.18. The summed E-state index contributed by atoms with van der Waals surface area (Å²) in [7, 11) is 0. The van der Waals surface area contributed by atoms with E-state index in [1.165, 1.54) is 12.5 Å². The van der Waals surface area contributed by atoms with Crippen LogP contribution in [-0.2, 0) is 0 Å². The zero-order valence-electron chi connectivity index (χ0n) is 11.6. The summed E-state index contributed by atoms with van der Waals surface area (Å²) in [5.41, 5.74) is 0.560. The molecule has 1 atom stereocenters. The zero-order chi connectivity index (χ0) is 14.9. The Morgan fingerprint density at radius 3 is 3.05 bits per heavy atom. The Morgan fingerprint density at radius 1 is 1.32 bits per heavy atom. The predicted octanol–water partition coefficient (Wildman–Crippen LogP) is 2.55. The largest absolute Gasteiger partial charge is 0.472 e. The highest BCUT2D eigenvalue weighted by Gasteiger charge is 2.31. The summed E-state index contributed by atoms with van der Waals surface area (Å²) in [5, 5.41) is 4.01. The van der Waals surface area contributed by atoms with Crippen LogP contribution in [0.3, 0.4) is 0 Å². The summed E-state index contributed by atoms with van der Waals surface area (Å²) in [4.78, 5) is 18.4. The van der Waals surface area contributed by atoms with Gasteiger partial charge in [-0.25, -0.2) is 0 Å². The number of carbonyl (C=O) groups excluding carboxylic acids is 1. The monoisotopic (exact) mass is 299 g/mol. The van der Waals surface area contributed by atoms with E-state index in [2.05, 4.69) is 10.1 Å². The average molecular weight is 299 g/mol. The molecule has 0 bridgehead atoms. The maximum Gasteiger partial charge on any atom is 0.293 e. The van der Waals surface area contributed by atoms with Crippen LogP contribution in [0.15, 0.2) is 50.3 Å². The number of hydrogen-bond acceptors (Lipinski definition) is 6. The van der Waals surface area contributed by atoms with Gasteiger partial charge >= 0.3 is 0 Å². The molecule has 0 N–H and O–H groups in total. The van der Waals surface area contributed by atoms with Gasteiger partial charge in [0.15, 0.2) is 11.6 Å². The second-order valence-electron chi connectivity index (χ2n) is 5.18. The molecule has 22 heavy (non-hydrogen) atoms. The van der Waals surface area contributed by atoms with Gasteiger partial charge < -0.3 is 18.3 Å². The van der Waals surface area contributed by atoms with E-state index in [4.69, 9.17) is 13.4 Å². The van der Waals surface area contributed by atoms with Crippen LogP contribution in [0.1, 0.15) is 28.5 Å². The molecule has 1 aliphatic heterocycles. The summed E-state index contributed by atoms with van der Waals surface area (Å²) in [6.07, 6.45) is 5.31. The van der Waals surface area contributed by atoms with Crippen molar-refractivity contribution in [3.8, 4) is 11.7 Å². The third kappa shape index (κ3) is 2.20. The number of furan rings is 2. The Balaban J connectivity index is 1.48. The van der Waals surface area contributed by atoms with E-state index in [1.54, 1.807) is 29.4 Å². The summed E-state index contributed by atoms with van der Waals surface area (Å²) < 4.78 is 15.4. The minimum Gasteiger partial charge on any atom is -0.472 e. The van der Waals surface area contributed by atoms with Crippen molar-refractivity contribution >= 4 is 5.91 Å². The maximum atomic E-state index is 12.3. The van der Waals surface area contributed by atoms with Crippen LogP contribution in [0.25, 0.3) is 11.7 Å². The zero-order valence-corrected chi connectivity index (χ0v) is 11.6. The SMILES string of the molecule is O=C(c1ccoc1)N1CC[C@@H](c2noc(-c3ccco3)n2)C1. The first-order valence-corrected chi connectivity index (χ1v) is 7.00. The molecule has 7 heteroatoms. The Kier molecular flexibility index (Phi) is 3.03. The van der Waals surface area contributed by atoms with E-state index in [0.29, 0.717) is 36.1 Å². The molecule has 1 amide bonds. The minimum absolute atomic E-state index is 0.0361. The highest BCUT2D eigenvalue weighted by atomic mass is 16.5. The van der Waals surface area contributed by atoms with Gasteiger partial charge in [-0.1, -0.05) is 5.16 Å². The molecule has 1 fully saturated rings. The number of amides is 1. The topological polar surface area (TPSA) is 85.5 Å². The molecule has 0 saturated carbocycles. The number of likely N-dealkylation sites (tertiary alicyclic amines) is 1. The molecule has 0 aliphatic carbocycles. The lowest BCUT2D eigenvalue weighted by Crippen LogP contribution is -2.28. The summed E-state index contributed by atoms with van der Waals surface area (Å²) >= 11 is 0. The van der Waals surface area contributed by atoms with Crippen LogP contribution >= 0.6 is 0 Å². The van der Waals surface area contributed by atoms with Crippen molar-refractivity contribution in [1.29, 1.82) is 0 Å². The minimum atomic E-state index is -0.0361. The van der Waals surface area contributed by atoms with E-state index in [9.17, 15) is 4.79 Å². The van der Waals surface area contributed by atoms with Crippen LogP contribution in [0.2, 0.25) is 0 Å². The Hall–Kier alpha value is -2.83. The molecular formula is C15H13N3O4. The van der Waals surface area contributed by atoms with Crippen LogP contribution in [0, 0.1) is 0 Å². The molecule has 0 aromatic carbocycles. The molecule has 0 unspecified atom stereocenters. The molecule has 0 spiro atoms. The summed E-state index contributed by atoms with van der Waals surface area (Å²) in [6.45, 7) is 1.24. The molecule has 112 valence electrons. The molecule has 1 saturated heterocycles. The van der Waals surface area contributed by atoms with Crippen molar-refractivity contribution in [3.63, 3.8) is 0 Å². The second-order valence-corrected chi connectivity index (χ2v) is 5.18. The molecule has 4 rings (SSSR count). The van der Waals surface area contributed by atoms with E-state index < -0.39 is 0 Å². The lowest BCUT2D eigenvalue weighted by Gasteiger charge is -2.14. The first kappa shape index (κ1) is 12.9. The number of hydrogen-bond donors (Lipinski definition) is 0. The van der Waals surface area contributed by atoms with Gasteiger partial charge in [0.25, 0.3) is 11.8 Å². The Morgan fingerprint density at radius 2 is 2.27 bits per heavy atom. The highest BCUT2D eigenvalue weighted by molar-refractivity contribution is 5.94. The number of aromatic nitrogens is 2. The fourth-order valence-electron chi connectivity index (χ4n) is 2.63. The standard InChI is InChI=1S/C15H13N3O4/c19-15(11-4-7-20-9-11)18-5-3-10(8-18)13-16-14(22-17-13)12-2-1-6-21-12/h1-2,4,6-7,9-10H,3,5,8H2/t10-/m1/s1. The summed E-state index contributed by atoms with van der Waals surface area (Å²) in [6, 6.07) is 5.19. The van der Waals surface area contributed by atoms with Crippen LogP contribution in [0.4, 0.5) is 0 Å². The normalized spacial score (nSPS) is 18.0. The lowest BCUT2D eigenvalue weighted by molar-refractivity contribution is 0.0789. The Bertz CT molecular complexity index is 761. The van der Waals surface area contributed by atoms with E-state index in [1.807, 2.05) is 0 Å². The van der Waals surface area contributed by atoms with E-state index in [0.717, 1.165) is 6.42 Å². The maximum absolute atomic E-state index is 12.3. The highest BCUT2D eigenvalue weighted by Crippen LogP contribution is 2.28. The number of rotatable bonds is 3. The van der Waals surface area contributed by atoms with Gasteiger partial charge in [0.1, 0.15) is 6.26 Å². The van der Waals surface area contributed by atoms with Gasteiger partial charge in [0.05, 0.1) is 18.1 Å². The third-order valence-corrected chi connectivity index (χ3v) is 3.78. The van der Waals surface area contributed by atoms with Crippen molar-refractivity contribution in [2.45, 2.75) is 12.3 Å². The smallest absolute Gasteiger partial charge is 0.293 e. The van der Waals surface area contributed by atoms with Crippen molar-refractivity contribution in [2.75, 3.05) is 13.1 Å². The van der Waals surface area contributed by atoms with Gasteiger partial charge in [-0.05, 0) is 24.6 Å². The predicted molar refractivity (Wildman–Crippen MR) is 74.0 cm³/mol. The lowest BCUT2D eigenvalue weighted by atomic mass is 10.1. The first-order valence-electron chi connectivity index (χ1n) is 7.00. The van der Waals surface area contributed by atoms with Crippen LogP contribution in [-0.4, -0.2) is 34.0 Å². The number of nitrogens with zero attached hydrogens (tertiary/aromatic N) is 3. The van der Waals surface area contributed by atoms with Crippen molar-refractivity contribution in [1.82, 2.24) is 15.0 Å². The Labute approximate surface area is 125 Å². The number of carbonyl (C=O) groups is 1. The van der Waals surface area contributed by atoms with Gasteiger partial charge in [-0.3, -0.25) is 4.79 Å². The molecular weight excluding hydrogens is 286 g/mol. The molecule has 3 aromatic rings. The average Bonchev–Trinajstić information content (AvgIpc) is 3.35. The molecule has 7 nitrogen and oxygen atoms in total. The van der Waals surface area contributed by atoms with Crippen LogP contribution < -0.4 is 0 Å². The molecule has 4 heterocycles. The van der Waals surface area contributed by atoms with Crippen molar-refractivity contribution < 1.29 is 18.2 Å². The first-order chi connectivity index (χ1) is 10.8. The van der Waals surface area contributed by atoms with E-state index >= 15 is 0 Å². The van der Waals surface area contributed by atoms with Gasteiger partial charge in [-0.15, -0.1) is 0 Å². The fourth-order valence-corrected chi connectivity index (χ4v) is 2.63. The van der Waals surface area contributed by atoms with Gasteiger partial charge in [0.2, 0.25) is 0 Å². The molecule has 1 aliphatic rings. The summed E-state index contributed by atoms with van der Waals surface area (Å²) in [5.74, 6) is 1.55. The van der Waals surface area contributed by atoms with Crippen molar-refractivity contribution in [3.05, 3.63) is 48.4 Å². The molecule has 3 aromatic heterocycles. The third-order valence-electron chi connectivity index (χ3n) is 3.78.